The van der Waals surface area contributed by atoms with Gasteiger partial charge >= 0.3 is 5.63 Å². The van der Waals surface area contributed by atoms with Crippen LogP contribution in [-0.4, -0.2) is 15.3 Å². The molecule has 0 aliphatic rings. The van der Waals surface area contributed by atoms with Crippen molar-refractivity contribution in [2.75, 3.05) is 0 Å². The van der Waals surface area contributed by atoms with Gasteiger partial charge in [0.25, 0.3) is 0 Å². The van der Waals surface area contributed by atoms with E-state index >= 15 is 0 Å². The summed E-state index contributed by atoms with van der Waals surface area (Å²) in [6, 6.07) is 11.8. The number of benzene rings is 2. The topological polar surface area (TPSA) is 76.2 Å². The summed E-state index contributed by atoms with van der Waals surface area (Å²) in [4.78, 5) is 11.5. The maximum Gasteiger partial charge on any atom is 0.336 e. The van der Waals surface area contributed by atoms with E-state index in [2.05, 4.69) is 10.2 Å². The van der Waals surface area contributed by atoms with E-state index in [9.17, 15) is 9.90 Å². The Bertz CT molecular complexity index is 1040. The first-order valence-electron chi connectivity index (χ1n) is 6.05. The summed E-state index contributed by atoms with van der Waals surface area (Å²) in [6.45, 7) is 0. The average molecular weight is 264 g/mol. The molecule has 5 heteroatoms. The lowest BCUT2D eigenvalue weighted by Gasteiger charge is -2.06. The zero-order valence-corrected chi connectivity index (χ0v) is 10.2. The van der Waals surface area contributed by atoms with E-state index in [1.165, 1.54) is 12.1 Å². The number of fused-ring (bicyclic) bond motifs is 5. The van der Waals surface area contributed by atoms with E-state index in [0.29, 0.717) is 27.4 Å². The predicted molar refractivity (Wildman–Crippen MR) is 74.8 cm³/mol. The van der Waals surface area contributed by atoms with Crippen LogP contribution in [0.5, 0.6) is 5.75 Å². The molecule has 5 nitrogen and oxygen atoms in total. The fraction of sp³-hybridized carbons (Fsp3) is 0. The van der Waals surface area contributed by atoms with Gasteiger partial charge in [0, 0.05) is 17.5 Å². The molecule has 0 atom stereocenters. The maximum atomic E-state index is 11.5. The van der Waals surface area contributed by atoms with Crippen LogP contribution < -0.4 is 5.63 Å². The minimum atomic E-state index is -0.467. The molecule has 0 bridgehead atoms. The summed E-state index contributed by atoms with van der Waals surface area (Å²) < 4.78 is 5.28. The van der Waals surface area contributed by atoms with Crippen LogP contribution >= 0.6 is 0 Å². The molecule has 0 saturated carbocycles. The van der Waals surface area contributed by atoms with E-state index in [1.807, 2.05) is 24.3 Å². The lowest BCUT2D eigenvalue weighted by atomic mass is 10.1. The van der Waals surface area contributed by atoms with Crippen LogP contribution in [0.15, 0.2) is 51.7 Å². The fourth-order valence-electron chi connectivity index (χ4n) is 2.42. The second-order valence-electron chi connectivity index (χ2n) is 4.50. The number of aromatic nitrogens is 2. The van der Waals surface area contributed by atoms with E-state index in [1.54, 1.807) is 6.07 Å². The summed E-state index contributed by atoms with van der Waals surface area (Å²) in [7, 11) is 0. The van der Waals surface area contributed by atoms with Gasteiger partial charge in [0.05, 0.1) is 16.3 Å². The number of hydrogen-bond donors (Lipinski definition) is 1. The molecule has 4 rings (SSSR count). The first kappa shape index (κ1) is 10.9. The smallest absolute Gasteiger partial charge is 0.336 e. The quantitative estimate of drug-likeness (QED) is 0.390. The molecule has 1 N–H and O–H groups in total. The molecule has 0 fully saturated rings. The largest absolute Gasteiger partial charge is 0.507 e. The van der Waals surface area contributed by atoms with Crippen molar-refractivity contribution in [1.29, 1.82) is 0 Å². The average Bonchev–Trinajstić information content (AvgIpc) is 2.46. The number of hydrogen-bond acceptors (Lipinski definition) is 5. The van der Waals surface area contributed by atoms with Gasteiger partial charge in [-0.15, -0.1) is 10.2 Å². The van der Waals surface area contributed by atoms with E-state index in [4.69, 9.17) is 4.42 Å². The number of phenols is 1. The number of rotatable bonds is 0. The zero-order valence-electron chi connectivity index (χ0n) is 10.2. The highest BCUT2D eigenvalue weighted by Crippen LogP contribution is 2.34. The van der Waals surface area contributed by atoms with Crippen LogP contribution in [0.3, 0.4) is 0 Å². The third kappa shape index (κ3) is 1.40. The van der Waals surface area contributed by atoms with Crippen LogP contribution in [0.25, 0.3) is 32.8 Å². The van der Waals surface area contributed by atoms with Crippen molar-refractivity contribution in [3.8, 4) is 5.75 Å². The molecular formula is C15H8N2O3. The Morgan fingerprint density at radius 3 is 2.65 bits per heavy atom. The second-order valence-corrected chi connectivity index (χ2v) is 4.50. The van der Waals surface area contributed by atoms with Gasteiger partial charge < -0.3 is 9.52 Å². The lowest BCUT2D eigenvalue weighted by Crippen LogP contribution is -1.96. The van der Waals surface area contributed by atoms with E-state index in [-0.39, 0.29) is 5.75 Å². The van der Waals surface area contributed by atoms with Crippen LogP contribution in [0.4, 0.5) is 0 Å². The molecule has 2 heterocycles. The number of aromatic hydroxyl groups is 1. The Labute approximate surface area is 112 Å². The predicted octanol–water partition coefficient (Wildman–Crippen LogP) is 2.60. The van der Waals surface area contributed by atoms with Gasteiger partial charge in [0.1, 0.15) is 11.3 Å². The molecule has 4 aromatic rings. The molecule has 0 amide bonds. The zero-order chi connectivity index (χ0) is 13.7. The highest BCUT2D eigenvalue weighted by atomic mass is 16.4. The standard InChI is InChI=1S/C15H8N2O3/c18-12-7-11-14(15-9(12)5-6-13(19)20-15)8-3-1-2-4-10(8)16-17-11/h1-7,18H. The molecule has 0 aliphatic carbocycles. The Hall–Kier alpha value is -2.95. The molecule has 20 heavy (non-hydrogen) atoms. The van der Waals surface area contributed by atoms with Crippen molar-refractivity contribution in [1.82, 2.24) is 10.2 Å². The molecule has 0 saturated heterocycles. The van der Waals surface area contributed by atoms with Crippen molar-refractivity contribution in [3.63, 3.8) is 0 Å². The molecule has 2 aromatic carbocycles. The van der Waals surface area contributed by atoms with Gasteiger partial charge in [-0.1, -0.05) is 18.2 Å². The Kier molecular flexibility index (Phi) is 2.06. The summed E-state index contributed by atoms with van der Waals surface area (Å²) in [5.41, 5.74) is 1.06. The Morgan fingerprint density at radius 1 is 0.950 bits per heavy atom. The summed E-state index contributed by atoms with van der Waals surface area (Å²) in [5.74, 6) is 0.0147. The molecule has 0 aliphatic heterocycles. The highest BCUT2D eigenvalue weighted by Gasteiger charge is 2.13. The van der Waals surface area contributed by atoms with Crippen LogP contribution in [0.1, 0.15) is 0 Å². The maximum absolute atomic E-state index is 11.5. The van der Waals surface area contributed by atoms with Gasteiger partial charge in [0.15, 0.2) is 5.58 Å². The third-order valence-corrected chi connectivity index (χ3v) is 3.30. The van der Waals surface area contributed by atoms with E-state index < -0.39 is 5.63 Å². The van der Waals surface area contributed by atoms with E-state index in [0.717, 1.165) is 5.39 Å². The van der Waals surface area contributed by atoms with Crippen LogP contribution in [0, 0.1) is 0 Å². The van der Waals surface area contributed by atoms with Gasteiger partial charge in [-0.2, -0.15) is 0 Å². The first-order valence-corrected chi connectivity index (χ1v) is 6.05. The Morgan fingerprint density at radius 2 is 1.75 bits per heavy atom. The molecule has 2 aromatic heterocycles. The molecule has 0 unspecified atom stereocenters. The van der Waals surface area contributed by atoms with Crippen molar-refractivity contribution in [3.05, 3.63) is 52.9 Å². The highest BCUT2D eigenvalue weighted by molar-refractivity contribution is 6.17. The first-order chi connectivity index (χ1) is 9.74. The van der Waals surface area contributed by atoms with Crippen LogP contribution in [0.2, 0.25) is 0 Å². The minimum Gasteiger partial charge on any atom is -0.507 e. The summed E-state index contributed by atoms with van der Waals surface area (Å²) in [6.07, 6.45) is 0. The van der Waals surface area contributed by atoms with Crippen molar-refractivity contribution in [2.24, 2.45) is 0 Å². The minimum absolute atomic E-state index is 0.0147. The van der Waals surface area contributed by atoms with Crippen molar-refractivity contribution < 1.29 is 9.52 Å². The number of phenolic OH excluding ortho intramolecular Hbond substituents is 1. The van der Waals surface area contributed by atoms with Crippen molar-refractivity contribution >= 4 is 32.8 Å². The van der Waals surface area contributed by atoms with Gasteiger partial charge in [0.2, 0.25) is 0 Å². The van der Waals surface area contributed by atoms with Crippen molar-refractivity contribution in [2.45, 2.75) is 0 Å². The molecule has 0 spiro atoms. The van der Waals surface area contributed by atoms with Gasteiger partial charge in [-0.25, -0.2) is 4.79 Å². The fourth-order valence-corrected chi connectivity index (χ4v) is 2.42. The normalized spacial score (nSPS) is 11.4. The lowest BCUT2D eigenvalue weighted by molar-refractivity contribution is 0.480. The molecule has 0 radical (unpaired) electrons. The monoisotopic (exact) mass is 264 g/mol. The van der Waals surface area contributed by atoms with Gasteiger partial charge in [-0.3, -0.25) is 0 Å². The number of nitrogens with zero attached hydrogens (tertiary/aromatic N) is 2. The summed E-state index contributed by atoms with van der Waals surface area (Å²) >= 11 is 0. The summed E-state index contributed by atoms with van der Waals surface area (Å²) in [5, 5.41) is 20.2. The van der Waals surface area contributed by atoms with Crippen LogP contribution in [-0.2, 0) is 0 Å². The molecule has 96 valence electrons. The Balaban J connectivity index is 2.41. The third-order valence-electron chi connectivity index (χ3n) is 3.30. The second kappa shape index (κ2) is 3.77. The SMILES string of the molecule is O=c1ccc2c(O)cc3nnc4ccccc4c3c2o1. The van der Waals surface area contributed by atoms with Gasteiger partial charge in [-0.05, 0) is 12.1 Å². The molecular weight excluding hydrogens is 256 g/mol.